The second-order valence-electron chi connectivity index (χ2n) is 5.27. The number of hydrogen-bond acceptors (Lipinski definition) is 4. The molecule has 102 valence electrons. The molecule has 0 fully saturated rings. The lowest BCUT2D eigenvalue weighted by Gasteiger charge is -2.14. The number of benzene rings is 1. The molecule has 0 saturated heterocycles. The van der Waals surface area contributed by atoms with Crippen molar-refractivity contribution in [3.63, 3.8) is 0 Å². The number of phenolic OH excluding ortho intramolecular Hbond substituents is 1. The molecular formula is C15H19NO3. The van der Waals surface area contributed by atoms with E-state index in [-0.39, 0.29) is 11.4 Å². The molecule has 4 nitrogen and oxygen atoms in total. The minimum Gasteiger partial charge on any atom is -0.507 e. The summed E-state index contributed by atoms with van der Waals surface area (Å²) in [5.41, 5.74) is 3.15. The summed E-state index contributed by atoms with van der Waals surface area (Å²) in [6, 6.07) is 1.87. The van der Waals surface area contributed by atoms with Crippen LogP contribution in [0, 0.1) is 20.8 Å². The molecule has 0 spiro atoms. The van der Waals surface area contributed by atoms with E-state index in [1.807, 2.05) is 38.9 Å². The smallest absolute Gasteiger partial charge is 0.341 e. The second kappa shape index (κ2) is 4.70. The zero-order chi connectivity index (χ0) is 14.3. The van der Waals surface area contributed by atoms with Crippen LogP contribution >= 0.6 is 0 Å². The average Bonchev–Trinajstić information content (AvgIpc) is 2.33. The van der Waals surface area contributed by atoms with E-state index >= 15 is 0 Å². The van der Waals surface area contributed by atoms with Crippen LogP contribution in [0.4, 0.5) is 0 Å². The van der Waals surface area contributed by atoms with Crippen LogP contribution in [0.25, 0.3) is 11.0 Å². The van der Waals surface area contributed by atoms with E-state index in [0.717, 1.165) is 16.5 Å². The summed E-state index contributed by atoms with van der Waals surface area (Å²) < 4.78 is 5.40. The minimum absolute atomic E-state index is 0.190. The molecule has 0 atom stereocenters. The van der Waals surface area contributed by atoms with Crippen molar-refractivity contribution in [2.45, 2.75) is 27.3 Å². The molecule has 0 amide bonds. The molecule has 0 radical (unpaired) electrons. The zero-order valence-corrected chi connectivity index (χ0v) is 12.0. The molecule has 0 saturated carbocycles. The van der Waals surface area contributed by atoms with Gasteiger partial charge >= 0.3 is 5.63 Å². The summed E-state index contributed by atoms with van der Waals surface area (Å²) in [6.07, 6.45) is 0. The Labute approximate surface area is 112 Å². The standard InChI is InChI=1S/C15H19NO3/c1-8-6-11-9(2)12(7-16(4)5)15(18)19-14(11)10(3)13(8)17/h6,17H,7H2,1-5H3. The Bertz CT molecular complexity index is 699. The Morgan fingerprint density at radius 1 is 1.21 bits per heavy atom. The van der Waals surface area contributed by atoms with Crippen molar-refractivity contribution in [1.29, 1.82) is 0 Å². The van der Waals surface area contributed by atoms with Gasteiger partial charge in [0, 0.05) is 17.5 Å². The first-order chi connectivity index (χ1) is 8.82. The van der Waals surface area contributed by atoms with Crippen LogP contribution in [0.15, 0.2) is 15.3 Å². The summed E-state index contributed by atoms with van der Waals surface area (Å²) in [7, 11) is 3.83. The van der Waals surface area contributed by atoms with E-state index in [9.17, 15) is 9.90 Å². The van der Waals surface area contributed by atoms with Gasteiger partial charge in [0.05, 0.1) is 5.56 Å². The largest absolute Gasteiger partial charge is 0.507 e. The highest BCUT2D eigenvalue weighted by Crippen LogP contribution is 2.31. The fourth-order valence-corrected chi connectivity index (χ4v) is 2.34. The lowest BCUT2D eigenvalue weighted by atomic mass is 10.00. The van der Waals surface area contributed by atoms with E-state index in [0.29, 0.717) is 23.3 Å². The highest BCUT2D eigenvalue weighted by Gasteiger charge is 2.16. The summed E-state index contributed by atoms with van der Waals surface area (Å²) >= 11 is 0. The van der Waals surface area contributed by atoms with Gasteiger partial charge in [-0.2, -0.15) is 0 Å². The molecule has 1 N–H and O–H groups in total. The van der Waals surface area contributed by atoms with E-state index in [2.05, 4.69) is 0 Å². The number of aromatic hydroxyl groups is 1. The maximum Gasteiger partial charge on any atom is 0.341 e. The molecule has 0 unspecified atom stereocenters. The van der Waals surface area contributed by atoms with Crippen LogP contribution in [0.3, 0.4) is 0 Å². The molecule has 0 aliphatic carbocycles. The van der Waals surface area contributed by atoms with Gasteiger partial charge in [-0.1, -0.05) is 0 Å². The first kappa shape index (κ1) is 13.6. The van der Waals surface area contributed by atoms with Gasteiger partial charge < -0.3 is 14.4 Å². The van der Waals surface area contributed by atoms with Gasteiger partial charge in [0.1, 0.15) is 11.3 Å². The third kappa shape index (κ3) is 2.24. The van der Waals surface area contributed by atoms with Gasteiger partial charge in [-0.25, -0.2) is 4.79 Å². The summed E-state index contributed by atoms with van der Waals surface area (Å²) in [6.45, 7) is 6.08. The minimum atomic E-state index is -0.329. The predicted molar refractivity (Wildman–Crippen MR) is 75.8 cm³/mol. The second-order valence-corrected chi connectivity index (χ2v) is 5.27. The molecular weight excluding hydrogens is 242 g/mol. The lowest BCUT2D eigenvalue weighted by Crippen LogP contribution is -2.19. The van der Waals surface area contributed by atoms with E-state index < -0.39 is 0 Å². The number of hydrogen-bond donors (Lipinski definition) is 1. The lowest BCUT2D eigenvalue weighted by molar-refractivity contribution is 0.390. The van der Waals surface area contributed by atoms with Gasteiger partial charge in [0.25, 0.3) is 0 Å². The van der Waals surface area contributed by atoms with Crippen LogP contribution in [0.5, 0.6) is 5.75 Å². The molecule has 1 heterocycles. The maximum absolute atomic E-state index is 12.1. The molecule has 1 aromatic heterocycles. The van der Waals surface area contributed by atoms with Crippen molar-refractivity contribution >= 4 is 11.0 Å². The van der Waals surface area contributed by atoms with Crippen molar-refractivity contribution in [3.8, 4) is 5.75 Å². The Hall–Kier alpha value is -1.81. The third-order valence-electron chi connectivity index (χ3n) is 3.45. The summed E-state index contributed by atoms with van der Waals surface area (Å²) in [5, 5.41) is 10.8. The zero-order valence-electron chi connectivity index (χ0n) is 12.0. The van der Waals surface area contributed by atoms with E-state index in [1.165, 1.54) is 0 Å². The first-order valence-electron chi connectivity index (χ1n) is 6.23. The molecule has 4 heteroatoms. The van der Waals surface area contributed by atoms with Crippen LogP contribution < -0.4 is 5.63 Å². The van der Waals surface area contributed by atoms with Crippen molar-refractivity contribution in [1.82, 2.24) is 4.90 Å². The van der Waals surface area contributed by atoms with Gasteiger partial charge in [0.2, 0.25) is 0 Å². The highest BCUT2D eigenvalue weighted by molar-refractivity contribution is 5.86. The number of aryl methyl sites for hydroxylation is 3. The fourth-order valence-electron chi connectivity index (χ4n) is 2.34. The number of nitrogens with zero attached hydrogens (tertiary/aromatic N) is 1. The number of phenols is 1. The SMILES string of the molecule is Cc1cc2c(C)c(CN(C)C)c(=O)oc2c(C)c1O. The molecule has 0 bridgehead atoms. The average molecular weight is 261 g/mol. The quantitative estimate of drug-likeness (QED) is 0.844. The monoisotopic (exact) mass is 261 g/mol. The Balaban J connectivity index is 2.85. The van der Waals surface area contributed by atoms with Crippen molar-refractivity contribution in [2.75, 3.05) is 14.1 Å². The summed E-state index contributed by atoms with van der Waals surface area (Å²) in [4.78, 5) is 14.0. The molecule has 0 aliphatic rings. The van der Waals surface area contributed by atoms with E-state index in [1.54, 1.807) is 6.92 Å². The van der Waals surface area contributed by atoms with Crippen LogP contribution in [0.1, 0.15) is 22.3 Å². The van der Waals surface area contributed by atoms with E-state index in [4.69, 9.17) is 4.42 Å². The van der Waals surface area contributed by atoms with Gasteiger partial charge in [-0.05, 0) is 52.1 Å². The molecule has 1 aromatic carbocycles. The van der Waals surface area contributed by atoms with Crippen molar-refractivity contribution < 1.29 is 9.52 Å². The number of rotatable bonds is 2. The maximum atomic E-state index is 12.1. The molecule has 19 heavy (non-hydrogen) atoms. The Morgan fingerprint density at radius 2 is 1.84 bits per heavy atom. The fraction of sp³-hybridized carbons (Fsp3) is 0.400. The van der Waals surface area contributed by atoms with Crippen molar-refractivity contribution in [2.24, 2.45) is 0 Å². The Morgan fingerprint density at radius 3 is 2.42 bits per heavy atom. The third-order valence-corrected chi connectivity index (χ3v) is 3.45. The van der Waals surface area contributed by atoms with Crippen molar-refractivity contribution in [3.05, 3.63) is 38.7 Å². The molecule has 2 rings (SSSR count). The highest BCUT2D eigenvalue weighted by atomic mass is 16.4. The number of fused-ring (bicyclic) bond motifs is 1. The van der Waals surface area contributed by atoms with Gasteiger partial charge in [-0.15, -0.1) is 0 Å². The summed E-state index contributed by atoms with van der Waals surface area (Å²) in [5.74, 6) is 0.190. The molecule has 0 aliphatic heterocycles. The topological polar surface area (TPSA) is 53.7 Å². The Kier molecular flexibility index (Phi) is 3.37. The van der Waals surface area contributed by atoms with Crippen LogP contribution in [-0.4, -0.2) is 24.1 Å². The normalized spacial score (nSPS) is 11.5. The van der Waals surface area contributed by atoms with Crippen LogP contribution in [-0.2, 0) is 6.54 Å². The van der Waals surface area contributed by atoms with Crippen LogP contribution in [0.2, 0.25) is 0 Å². The van der Waals surface area contributed by atoms with Gasteiger partial charge in [0.15, 0.2) is 0 Å². The van der Waals surface area contributed by atoms with Gasteiger partial charge in [-0.3, -0.25) is 0 Å². The predicted octanol–water partition coefficient (Wildman–Crippen LogP) is 2.49. The molecule has 2 aromatic rings. The first-order valence-corrected chi connectivity index (χ1v) is 6.23.